The molecule has 3 aromatic rings. The van der Waals surface area contributed by atoms with Crippen LogP contribution in [0.1, 0.15) is 46.1 Å². The first-order valence-electron chi connectivity index (χ1n) is 9.54. The van der Waals surface area contributed by atoms with E-state index in [1.807, 2.05) is 12.1 Å². The van der Waals surface area contributed by atoms with Crippen LogP contribution in [-0.2, 0) is 23.0 Å². The van der Waals surface area contributed by atoms with Gasteiger partial charge in [0, 0.05) is 5.56 Å². The van der Waals surface area contributed by atoms with Crippen molar-refractivity contribution in [3.05, 3.63) is 89.4 Å². The second kappa shape index (κ2) is 8.23. The van der Waals surface area contributed by atoms with Crippen molar-refractivity contribution in [3.63, 3.8) is 0 Å². The molecule has 2 aromatic carbocycles. The molecule has 0 bridgehead atoms. The topological polar surface area (TPSA) is 88.4 Å². The lowest BCUT2D eigenvalue weighted by Crippen LogP contribution is -2.31. The molecule has 0 radical (unpaired) electrons. The van der Waals surface area contributed by atoms with Crippen LogP contribution in [0.5, 0.6) is 0 Å². The number of carbonyl (C=O) groups excluding carboxylic acids is 1. The molecule has 0 aliphatic heterocycles. The molecule has 1 aliphatic rings. The molecule has 1 aliphatic carbocycles. The molecular formula is C22H22N2O4S. The van der Waals surface area contributed by atoms with Crippen molar-refractivity contribution in [1.82, 2.24) is 10.0 Å². The Kier molecular flexibility index (Phi) is 5.51. The van der Waals surface area contributed by atoms with Crippen molar-refractivity contribution in [2.24, 2.45) is 0 Å². The number of sulfonamides is 1. The summed E-state index contributed by atoms with van der Waals surface area (Å²) in [6.07, 6.45) is 4.44. The maximum absolute atomic E-state index is 12.7. The molecule has 150 valence electrons. The van der Waals surface area contributed by atoms with Gasteiger partial charge in [0.2, 0.25) is 10.0 Å². The third kappa shape index (κ3) is 4.41. The Balaban J connectivity index is 1.43. The minimum Gasteiger partial charge on any atom is -0.468 e. The minimum absolute atomic E-state index is 0.0224. The van der Waals surface area contributed by atoms with Gasteiger partial charge in [0.05, 0.1) is 23.7 Å². The summed E-state index contributed by atoms with van der Waals surface area (Å²) in [6.45, 7) is 0.0681. The summed E-state index contributed by atoms with van der Waals surface area (Å²) in [7, 11) is -3.69. The molecule has 1 unspecified atom stereocenters. The number of aryl methyl sites for hydroxylation is 1. The molecule has 29 heavy (non-hydrogen) atoms. The van der Waals surface area contributed by atoms with Gasteiger partial charge in [-0.2, -0.15) is 0 Å². The van der Waals surface area contributed by atoms with E-state index in [9.17, 15) is 13.2 Å². The fourth-order valence-electron chi connectivity index (χ4n) is 3.59. The van der Waals surface area contributed by atoms with Crippen LogP contribution in [-0.4, -0.2) is 14.3 Å². The number of carbonyl (C=O) groups is 1. The highest BCUT2D eigenvalue weighted by Crippen LogP contribution is 2.29. The van der Waals surface area contributed by atoms with E-state index < -0.39 is 10.0 Å². The van der Waals surface area contributed by atoms with E-state index in [2.05, 4.69) is 22.2 Å². The molecule has 1 aromatic heterocycles. The Morgan fingerprint density at radius 2 is 1.83 bits per heavy atom. The Morgan fingerprint density at radius 1 is 1.03 bits per heavy atom. The molecule has 4 rings (SSSR count). The van der Waals surface area contributed by atoms with Crippen LogP contribution in [0.25, 0.3) is 0 Å². The smallest absolute Gasteiger partial charge is 0.251 e. The average molecular weight is 410 g/mol. The lowest BCUT2D eigenvalue weighted by Gasteiger charge is -2.26. The van der Waals surface area contributed by atoms with E-state index >= 15 is 0 Å². The van der Waals surface area contributed by atoms with Gasteiger partial charge in [-0.25, -0.2) is 13.1 Å². The van der Waals surface area contributed by atoms with E-state index in [1.54, 1.807) is 12.1 Å². The van der Waals surface area contributed by atoms with Gasteiger partial charge in [-0.15, -0.1) is 0 Å². The number of benzene rings is 2. The summed E-state index contributed by atoms with van der Waals surface area (Å²) in [5, 5.41) is 3.08. The number of amides is 1. The lowest BCUT2D eigenvalue weighted by molar-refractivity contribution is 0.0932. The molecule has 0 fully saturated rings. The van der Waals surface area contributed by atoms with Crippen molar-refractivity contribution >= 4 is 15.9 Å². The van der Waals surface area contributed by atoms with E-state index in [0.717, 1.165) is 24.8 Å². The van der Waals surface area contributed by atoms with Crippen LogP contribution in [0.2, 0.25) is 0 Å². The highest BCUT2D eigenvalue weighted by Gasteiger charge is 2.22. The summed E-state index contributed by atoms with van der Waals surface area (Å²) in [6, 6.07) is 17.5. The zero-order valence-corrected chi connectivity index (χ0v) is 16.6. The fraction of sp³-hybridized carbons (Fsp3) is 0.227. The van der Waals surface area contributed by atoms with Crippen LogP contribution >= 0.6 is 0 Å². The van der Waals surface area contributed by atoms with Crippen LogP contribution in [0.15, 0.2) is 76.2 Å². The number of hydrogen-bond acceptors (Lipinski definition) is 4. The van der Waals surface area contributed by atoms with Crippen molar-refractivity contribution in [2.75, 3.05) is 0 Å². The van der Waals surface area contributed by atoms with Crippen LogP contribution < -0.4 is 10.0 Å². The fourth-order valence-corrected chi connectivity index (χ4v) is 4.59. The number of furan rings is 1. The minimum atomic E-state index is -3.69. The predicted octanol–water partition coefficient (Wildman–Crippen LogP) is 3.57. The quantitative estimate of drug-likeness (QED) is 0.650. The molecule has 2 N–H and O–H groups in total. The predicted molar refractivity (Wildman–Crippen MR) is 109 cm³/mol. The summed E-state index contributed by atoms with van der Waals surface area (Å²) >= 11 is 0. The van der Waals surface area contributed by atoms with Gasteiger partial charge >= 0.3 is 0 Å². The third-order valence-electron chi connectivity index (χ3n) is 5.12. The summed E-state index contributed by atoms with van der Waals surface area (Å²) in [5.41, 5.74) is 2.86. The molecule has 1 atom stereocenters. The van der Waals surface area contributed by atoms with Gasteiger partial charge in [-0.1, -0.05) is 24.3 Å². The maximum atomic E-state index is 12.7. The van der Waals surface area contributed by atoms with Crippen LogP contribution in [0, 0.1) is 0 Å². The highest BCUT2D eigenvalue weighted by atomic mass is 32.2. The number of nitrogens with one attached hydrogen (secondary N) is 2. The van der Waals surface area contributed by atoms with Gasteiger partial charge in [-0.3, -0.25) is 4.79 Å². The first kappa shape index (κ1) is 19.4. The largest absolute Gasteiger partial charge is 0.468 e. The lowest BCUT2D eigenvalue weighted by atomic mass is 9.87. The average Bonchev–Trinajstić information content (AvgIpc) is 3.26. The van der Waals surface area contributed by atoms with Gasteiger partial charge in [0.25, 0.3) is 5.91 Å². The molecule has 0 saturated carbocycles. The number of hydrogen-bond donors (Lipinski definition) is 2. The number of fused-ring (bicyclic) bond motifs is 1. The second-order valence-corrected chi connectivity index (χ2v) is 8.81. The van der Waals surface area contributed by atoms with Crippen molar-refractivity contribution < 1.29 is 17.6 Å². The summed E-state index contributed by atoms with van der Waals surface area (Å²) in [5.74, 6) is 0.316. The first-order valence-corrected chi connectivity index (χ1v) is 11.0. The molecule has 0 saturated heterocycles. The Labute approximate surface area is 170 Å². The van der Waals surface area contributed by atoms with Crippen LogP contribution in [0.4, 0.5) is 0 Å². The van der Waals surface area contributed by atoms with E-state index in [1.165, 1.54) is 36.1 Å². The highest BCUT2D eigenvalue weighted by molar-refractivity contribution is 7.89. The number of rotatable bonds is 6. The Morgan fingerprint density at radius 3 is 2.59 bits per heavy atom. The standard InChI is InChI=1S/C22H22N2O4S/c25-22(24-21-9-3-6-16-5-1-2-8-20(16)21)17-10-12-19(13-11-17)29(26,27)23-15-18-7-4-14-28-18/h1-2,4-5,7-8,10-14,21,23H,3,6,9,15H2,(H,24,25). The normalized spacial score (nSPS) is 16.2. The zero-order valence-electron chi connectivity index (χ0n) is 15.8. The molecule has 1 heterocycles. The van der Waals surface area contributed by atoms with Crippen molar-refractivity contribution in [3.8, 4) is 0 Å². The first-order chi connectivity index (χ1) is 14.0. The van der Waals surface area contributed by atoms with E-state index in [-0.39, 0.29) is 23.4 Å². The van der Waals surface area contributed by atoms with Crippen molar-refractivity contribution in [2.45, 2.75) is 36.7 Å². The molecule has 6 nitrogen and oxygen atoms in total. The van der Waals surface area contributed by atoms with Crippen LogP contribution in [0.3, 0.4) is 0 Å². The summed E-state index contributed by atoms with van der Waals surface area (Å²) < 4.78 is 32.4. The van der Waals surface area contributed by atoms with Gasteiger partial charge in [0.15, 0.2) is 0 Å². The molecular weight excluding hydrogens is 388 g/mol. The van der Waals surface area contributed by atoms with E-state index in [0.29, 0.717) is 11.3 Å². The van der Waals surface area contributed by atoms with Gasteiger partial charge in [-0.05, 0) is 66.8 Å². The zero-order chi connectivity index (χ0) is 20.3. The Hall–Kier alpha value is -2.90. The monoisotopic (exact) mass is 410 g/mol. The third-order valence-corrected chi connectivity index (χ3v) is 6.54. The molecule has 1 amide bonds. The summed E-state index contributed by atoms with van der Waals surface area (Å²) in [4.78, 5) is 12.8. The molecule has 7 heteroatoms. The van der Waals surface area contributed by atoms with Gasteiger partial charge in [0.1, 0.15) is 5.76 Å². The van der Waals surface area contributed by atoms with Gasteiger partial charge < -0.3 is 9.73 Å². The second-order valence-electron chi connectivity index (χ2n) is 7.05. The van der Waals surface area contributed by atoms with Crippen molar-refractivity contribution in [1.29, 1.82) is 0 Å². The SMILES string of the molecule is O=C(NC1CCCc2ccccc21)c1ccc(S(=O)(=O)NCc2ccco2)cc1. The maximum Gasteiger partial charge on any atom is 0.251 e. The molecule has 0 spiro atoms. The van der Waals surface area contributed by atoms with E-state index in [4.69, 9.17) is 4.42 Å². The Bertz CT molecular complexity index is 1090.